The molecule has 174 valence electrons. The van der Waals surface area contributed by atoms with E-state index in [9.17, 15) is 4.79 Å². The van der Waals surface area contributed by atoms with E-state index in [0.29, 0.717) is 31.9 Å². The van der Waals surface area contributed by atoms with Gasteiger partial charge in [0.05, 0.1) is 16.8 Å². The molecule has 0 N–H and O–H groups in total. The van der Waals surface area contributed by atoms with Crippen LogP contribution in [0.25, 0.3) is 0 Å². The van der Waals surface area contributed by atoms with Crippen molar-refractivity contribution in [1.82, 2.24) is 19.6 Å². The van der Waals surface area contributed by atoms with E-state index in [4.69, 9.17) is 4.74 Å². The lowest BCUT2D eigenvalue weighted by Crippen LogP contribution is -2.49. The molecule has 0 unspecified atom stereocenters. The summed E-state index contributed by atoms with van der Waals surface area (Å²) in [5.41, 5.74) is 3.82. The Hall–Kier alpha value is -2.48. The van der Waals surface area contributed by atoms with Crippen LogP contribution in [0.4, 0.5) is 0 Å². The number of aryl methyl sites for hydroxylation is 2. The molecule has 1 fully saturated rings. The zero-order chi connectivity index (χ0) is 23.2. The zero-order valence-corrected chi connectivity index (χ0v) is 20.9. The molecule has 6 nitrogen and oxygen atoms in total. The second-order valence-corrected chi connectivity index (χ2v) is 9.06. The minimum Gasteiger partial charge on any atom is -0.367 e. The molecule has 4 rings (SSSR count). The molecule has 33 heavy (non-hydrogen) atoms. The Kier molecular flexibility index (Phi) is 7.96. The second-order valence-electron chi connectivity index (χ2n) is 8.27. The highest BCUT2D eigenvalue weighted by Crippen LogP contribution is 2.26. The monoisotopic (exact) mass is 510 g/mol. The molecule has 2 aromatic carbocycles. The van der Waals surface area contributed by atoms with E-state index in [0.717, 1.165) is 40.9 Å². The summed E-state index contributed by atoms with van der Waals surface area (Å²) >= 11 is 3.55. The number of aromatic nitrogens is 2. The van der Waals surface area contributed by atoms with Crippen LogP contribution in [-0.4, -0.2) is 64.8 Å². The molecule has 1 aliphatic rings. The second kappa shape index (κ2) is 11.1. The number of ether oxygens (including phenoxy) is 1. The van der Waals surface area contributed by atoms with Gasteiger partial charge in [0.15, 0.2) is 0 Å². The van der Waals surface area contributed by atoms with E-state index in [-0.39, 0.29) is 12.0 Å². The van der Waals surface area contributed by atoms with Gasteiger partial charge in [-0.15, -0.1) is 0 Å². The molecule has 7 heteroatoms. The molecule has 0 atom stereocenters. The number of amides is 1. The summed E-state index contributed by atoms with van der Waals surface area (Å²) in [6, 6.07) is 20.7. The Morgan fingerprint density at radius 3 is 2.12 bits per heavy atom. The van der Waals surface area contributed by atoms with Crippen LogP contribution < -0.4 is 0 Å². The summed E-state index contributed by atoms with van der Waals surface area (Å²) in [4.78, 5) is 17.4. The first-order chi connectivity index (χ1) is 16.1. The number of benzene rings is 2. The number of nitrogens with zero attached hydrogens (tertiary/aromatic N) is 4. The van der Waals surface area contributed by atoms with Crippen molar-refractivity contribution in [3.05, 3.63) is 87.7 Å². The molecular weight excluding hydrogens is 480 g/mol. The van der Waals surface area contributed by atoms with Crippen molar-refractivity contribution in [2.45, 2.75) is 26.5 Å². The van der Waals surface area contributed by atoms with Crippen LogP contribution in [0, 0.1) is 6.92 Å². The van der Waals surface area contributed by atoms with Gasteiger partial charge in [-0.1, -0.05) is 60.7 Å². The van der Waals surface area contributed by atoms with Gasteiger partial charge in [-0.3, -0.25) is 14.4 Å². The van der Waals surface area contributed by atoms with E-state index in [1.807, 2.05) is 30.9 Å². The lowest BCUT2D eigenvalue weighted by atomic mass is 10.0. The fourth-order valence-electron chi connectivity index (χ4n) is 4.26. The van der Waals surface area contributed by atoms with E-state index >= 15 is 0 Å². The number of carbonyl (C=O) groups excluding carboxylic acids is 1. The van der Waals surface area contributed by atoms with E-state index in [1.165, 1.54) is 0 Å². The fourth-order valence-corrected chi connectivity index (χ4v) is 4.71. The van der Waals surface area contributed by atoms with E-state index < -0.39 is 0 Å². The lowest BCUT2D eigenvalue weighted by molar-refractivity contribution is 0.0404. The number of halogens is 1. The average molecular weight is 511 g/mol. The predicted octanol–water partition coefficient (Wildman–Crippen LogP) is 4.54. The van der Waals surface area contributed by atoms with Crippen molar-refractivity contribution in [2.75, 3.05) is 39.3 Å². The summed E-state index contributed by atoms with van der Waals surface area (Å²) in [7, 11) is 0. The van der Waals surface area contributed by atoms with Gasteiger partial charge >= 0.3 is 0 Å². The third-order valence-corrected chi connectivity index (χ3v) is 7.06. The van der Waals surface area contributed by atoms with Gasteiger partial charge < -0.3 is 9.64 Å². The zero-order valence-electron chi connectivity index (χ0n) is 19.3. The molecule has 0 bridgehead atoms. The van der Waals surface area contributed by atoms with Crippen LogP contribution in [0.5, 0.6) is 0 Å². The number of hydrogen-bond acceptors (Lipinski definition) is 4. The maximum Gasteiger partial charge on any atom is 0.273 e. The van der Waals surface area contributed by atoms with Crippen LogP contribution >= 0.6 is 15.9 Å². The van der Waals surface area contributed by atoms with Gasteiger partial charge in [0.1, 0.15) is 11.8 Å². The fraction of sp³-hybridized carbons (Fsp3) is 0.385. The van der Waals surface area contributed by atoms with Crippen LogP contribution in [0.1, 0.15) is 40.3 Å². The van der Waals surface area contributed by atoms with E-state index in [2.05, 4.69) is 74.5 Å². The van der Waals surface area contributed by atoms with Gasteiger partial charge in [-0.2, -0.15) is 5.10 Å². The third kappa shape index (κ3) is 5.54. The SMILES string of the molecule is CCn1nc(C)c(Br)c1C(=O)N1CCN(CCOC(c2ccccc2)c2ccccc2)CC1. The molecule has 1 aliphatic heterocycles. The van der Waals surface area contributed by atoms with Gasteiger partial charge in [-0.25, -0.2) is 0 Å². The smallest absolute Gasteiger partial charge is 0.273 e. The lowest BCUT2D eigenvalue weighted by Gasteiger charge is -2.35. The van der Waals surface area contributed by atoms with Crippen LogP contribution in [-0.2, 0) is 11.3 Å². The van der Waals surface area contributed by atoms with Crippen molar-refractivity contribution < 1.29 is 9.53 Å². The maximum absolute atomic E-state index is 13.1. The quantitative estimate of drug-likeness (QED) is 0.446. The van der Waals surface area contributed by atoms with Crippen LogP contribution in [0.3, 0.4) is 0 Å². The summed E-state index contributed by atoms with van der Waals surface area (Å²) in [6.45, 7) is 9.17. The highest BCUT2D eigenvalue weighted by atomic mass is 79.9. The summed E-state index contributed by atoms with van der Waals surface area (Å²) in [6.07, 6.45) is -0.0785. The number of piperazine rings is 1. The summed E-state index contributed by atoms with van der Waals surface area (Å²) in [5.74, 6) is 0.0495. The highest BCUT2D eigenvalue weighted by molar-refractivity contribution is 9.10. The Bertz CT molecular complexity index is 1010. The van der Waals surface area contributed by atoms with Gasteiger partial charge in [0.25, 0.3) is 5.91 Å². The van der Waals surface area contributed by atoms with Crippen molar-refractivity contribution in [3.8, 4) is 0 Å². The Labute approximate surface area is 204 Å². The van der Waals surface area contributed by atoms with Crippen molar-refractivity contribution in [1.29, 1.82) is 0 Å². The van der Waals surface area contributed by atoms with Crippen molar-refractivity contribution in [2.24, 2.45) is 0 Å². The molecule has 1 aromatic heterocycles. The largest absolute Gasteiger partial charge is 0.367 e. The maximum atomic E-state index is 13.1. The molecule has 0 saturated carbocycles. The Morgan fingerprint density at radius 1 is 1.00 bits per heavy atom. The van der Waals surface area contributed by atoms with Gasteiger partial charge in [0, 0.05) is 39.3 Å². The number of rotatable bonds is 8. The standard InChI is InChI=1S/C26H31BrN4O2/c1-3-31-24(23(27)20(2)28-31)26(32)30-16-14-29(15-17-30)18-19-33-25(21-10-6-4-7-11-21)22-12-8-5-9-13-22/h4-13,25H,3,14-19H2,1-2H3. The minimum absolute atomic E-state index is 0.0495. The Morgan fingerprint density at radius 2 is 1.58 bits per heavy atom. The molecule has 0 aliphatic carbocycles. The molecule has 0 radical (unpaired) electrons. The normalized spacial score (nSPS) is 14.7. The van der Waals surface area contributed by atoms with Gasteiger partial charge in [0.2, 0.25) is 0 Å². The first kappa shape index (κ1) is 23.7. The van der Waals surface area contributed by atoms with Crippen molar-refractivity contribution >= 4 is 21.8 Å². The minimum atomic E-state index is -0.0785. The van der Waals surface area contributed by atoms with Crippen molar-refractivity contribution in [3.63, 3.8) is 0 Å². The topological polar surface area (TPSA) is 50.6 Å². The summed E-state index contributed by atoms with van der Waals surface area (Å²) in [5, 5.41) is 4.46. The molecule has 3 aromatic rings. The predicted molar refractivity (Wildman–Crippen MR) is 133 cm³/mol. The molecule has 0 spiro atoms. The summed E-state index contributed by atoms with van der Waals surface area (Å²) < 4.78 is 8.96. The first-order valence-electron chi connectivity index (χ1n) is 11.5. The van der Waals surface area contributed by atoms with Crippen LogP contribution in [0.2, 0.25) is 0 Å². The van der Waals surface area contributed by atoms with E-state index in [1.54, 1.807) is 4.68 Å². The average Bonchev–Trinajstić information content (AvgIpc) is 3.16. The third-order valence-electron chi connectivity index (χ3n) is 6.11. The highest BCUT2D eigenvalue weighted by Gasteiger charge is 2.27. The molecular formula is C26H31BrN4O2. The first-order valence-corrected chi connectivity index (χ1v) is 12.3. The number of hydrogen-bond donors (Lipinski definition) is 0. The molecule has 1 saturated heterocycles. The Balaban J connectivity index is 1.32. The number of carbonyl (C=O) groups is 1. The molecule has 1 amide bonds. The molecule has 2 heterocycles. The van der Waals surface area contributed by atoms with Gasteiger partial charge in [-0.05, 0) is 40.9 Å². The van der Waals surface area contributed by atoms with Crippen LogP contribution in [0.15, 0.2) is 65.1 Å².